The molecular weight excluding hydrogens is 482 g/mol. The Balaban J connectivity index is 0.000000371. The second-order valence-electron chi connectivity index (χ2n) is 7.34. The van der Waals surface area contributed by atoms with Crippen molar-refractivity contribution in [1.29, 1.82) is 0 Å². The highest BCUT2D eigenvalue weighted by Gasteiger charge is 2.20. The zero-order chi connectivity index (χ0) is 28.0. The molecule has 0 fully saturated rings. The average Bonchev–Trinajstić information content (AvgIpc) is 2.93. The zero-order valence-electron chi connectivity index (χ0n) is 21.9. The first kappa shape index (κ1) is 30.4. The SMILES string of the molecule is COC(=O)C(=Cc1ccc(N(C)C)cc1)C(=O)OC.COC(=O)C(=Cc1ccc(OC)cc1)C(=O)OC. The molecule has 37 heavy (non-hydrogen) atoms. The first-order valence-electron chi connectivity index (χ1n) is 10.8. The second kappa shape index (κ2) is 15.4. The number of hydrogen-bond donors (Lipinski definition) is 0. The van der Waals surface area contributed by atoms with Gasteiger partial charge in [0.25, 0.3) is 0 Å². The third kappa shape index (κ3) is 9.52. The Morgan fingerprint density at radius 2 is 0.892 bits per heavy atom. The number of rotatable bonds is 8. The van der Waals surface area contributed by atoms with E-state index < -0.39 is 23.9 Å². The summed E-state index contributed by atoms with van der Waals surface area (Å²) in [7, 11) is 10.3. The van der Waals surface area contributed by atoms with Crippen LogP contribution in [0.3, 0.4) is 0 Å². The molecule has 0 saturated heterocycles. The van der Waals surface area contributed by atoms with E-state index in [4.69, 9.17) is 4.74 Å². The highest BCUT2D eigenvalue weighted by molar-refractivity contribution is 6.18. The number of esters is 4. The largest absolute Gasteiger partial charge is 0.497 e. The molecule has 0 bridgehead atoms. The number of hydrogen-bond acceptors (Lipinski definition) is 10. The van der Waals surface area contributed by atoms with E-state index in [0.717, 1.165) is 11.3 Å². The van der Waals surface area contributed by atoms with Gasteiger partial charge in [-0.05, 0) is 47.5 Å². The Labute approximate surface area is 216 Å². The maximum atomic E-state index is 11.5. The van der Waals surface area contributed by atoms with Gasteiger partial charge in [-0.15, -0.1) is 0 Å². The molecule has 0 radical (unpaired) electrons. The third-order valence-corrected chi connectivity index (χ3v) is 4.77. The molecule has 0 aliphatic heterocycles. The summed E-state index contributed by atoms with van der Waals surface area (Å²) in [5, 5.41) is 0. The molecule has 0 N–H and O–H groups in total. The highest BCUT2D eigenvalue weighted by atomic mass is 16.5. The number of ether oxygens (including phenoxy) is 5. The van der Waals surface area contributed by atoms with Crippen LogP contribution in [-0.2, 0) is 38.1 Å². The van der Waals surface area contributed by atoms with Crippen LogP contribution in [0.5, 0.6) is 5.75 Å². The first-order valence-corrected chi connectivity index (χ1v) is 10.8. The van der Waals surface area contributed by atoms with Crippen LogP contribution in [0.25, 0.3) is 12.2 Å². The number of carbonyl (C=O) groups is 4. The van der Waals surface area contributed by atoms with Crippen molar-refractivity contribution >= 4 is 41.7 Å². The van der Waals surface area contributed by atoms with Crippen molar-refractivity contribution in [1.82, 2.24) is 0 Å². The minimum Gasteiger partial charge on any atom is -0.497 e. The maximum absolute atomic E-state index is 11.5. The molecule has 2 rings (SSSR count). The van der Waals surface area contributed by atoms with Crippen LogP contribution in [0.4, 0.5) is 5.69 Å². The topological polar surface area (TPSA) is 118 Å². The average molecular weight is 514 g/mol. The second-order valence-corrected chi connectivity index (χ2v) is 7.34. The van der Waals surface area contributed by atoms with E-state index in [-0.39, 0.29) is 11.1 Å². The van der Waals surface area contributed by atoms with Gasteiger partial charge in [0, 0.05) is 19.8 Å². The molecule has 2 aromatic carbocycles. The smallest absolute Gasteiger partial charge is 0.345 e. The van der Waals surface area contributed by atoms with E-state index >= 15 is 0 Å². The summed E-state index contributed by atoms with van der Waals surface area (Å²) < 4.78 is 23.2. The monoisotopic (exact) mass is 513 g/mol. The lowest BCUT2D eigenvalue weighted by molar-refractivity contribution is -0.145. The fourth-order valence-corrected chi connectivity index (χ4v) is 2.74. The van der Waals surface area contributed by atoms with E-state index in [2.05, 4.69) is 18.9 Å². The quantitative estimate of drug-likeness (QED) is 0.171. The van der Waals surface area contributed by atoms with Gasteiger partial charge in [0.05, 0.1) is 35.5 Å². The zero-order valence-corrected chi connectivity index (χ0v) is 21.9. The molecule has 0 unspecified atom stereocenters. The standard InChI is InChI=1S/C14H17NO4.C13H14O5/c1-15(2)11-7-5-10(6-8-11)9-12(13(16)18-3)14(17)19-4;1-16-10-6-4-9(5-7-10)8-11(12(14)17-2)13(15)18-3/h5-9H,1-4H3;4-8H,1-3H3. The normalized spacial score (nSPS) is 9.38. The van der Waals surface area contributed by atoms with E-state index in [1.165, 1.54) is 40.6 Å². The predicted molar refractivity (Wildman–Crippen MR) is 138 cm³/mol. The van der Waals surface area contributed by atoms with Crippen LogP contribution >= 0.6 is 0 Å². The molecule has 0 aliphatic rings. The van der Waals surface area contributed by atoms with Crippen molar-refractivity contribution in [2.24, 2.45) is 0 Å². The molecule has 2 aromatic rings. The van der Waals surface area contributed by atoms with Crippen LogP contribution in [0, 0.1) is 0 Å². The van der Waals surface area contributed by atoms with E-state index in [1.807, 2.05) is 31.1 Å². The number of anilines is 1. The minimum atomic E-state index is -0.738. The molecule has 0 heterocycles. The van der Waals surface area contributed by atoms with Crippen molar-refractivity contribution in [3.05, 3.63) is 70.8 Å². The van der Waals surface area contributed by atoms with Crippen LogP contribution in [0.1, 0.15) is 11.1 Å². The van der Waals surface area contributed by atoms with Gasteiger partial charge < -0.3 is 28.6 Å². The number of carbonyl (C=O) groups excluding carboxylic acids is 4. The van der Waals surface area contributed by atoms with Gasteiger partial charge >= 0.3 is 23.9 Å². The van der Waals surface area contributed by atoms with Crippen molar-refractivity contribution < 1.29 is 42.9 Å². The minimum absolute atomic E-state index is 0.136. The van der Waals surface area contributed by atoms with Crippen molar-refractivity contribution in [3.8, 4) is 5.75 Å². The molecule has 0 spiro atoms. The van der Waals surface area contributed by atoms with Crippen LogP contribution in [-0.4, -0.2) is 73.5 Å². The van der Waals surface area contributed by atoms with Gasteiger partial charge in [-0.3, -0.25) is 0 Å². The molecule has 0 atom stereocenters. The molecule has 0 amide bonds. The predicted octanol–water partition coefficient (Wildman–Crippen LogP) is 2.91. The summed E-state index contributed by atoms with van der Waals surface area (Å²) in [5.41, 5.74) is 2.11. The molecule has 0 aromatic heterocycles. The van der Waals surface area contributed by atoms with E-state index in [0.29, 0.717) is 11.3 Å². The molecule has 10 nitrogen and oxygen atoms in total. The van der Waals surface area contributed by atoms with Gasteiger partial charge in [-0.25, -0.2) is 19.2 Å². The molecule has 198 valence electrons. The summed E-state index contributed by atoms with van der Waals surface area (Å²) in [6.07, 6.45) is 2.84. The summed E-state index contributed by atoms with van der Waals surface area (Å²) in [5.74, 6) is -2.23. The van der Waals surface area contributed by atoms with Gasteiger partial charge in [-0.1, -0.05) is 24.3 Å². The van der Waals surface area contributed by atoms with Crippen LogP contribution < -0.4 is 9.64 Å². The summed E-state index contributed by atoms with van der Waals surface area (Å²) in [6.45, 7) is 0. The maximum Gasteiger partial charge on any atom is 0.345 e. The fourth-order valence-electron chi connectivity index (χ4n) is 2.74. The Kier molecular flexibility index (Phi) is 12.7. The highest BCUT2D eigenvalue weighted by Crippen LogP contribution is 2.16. The van der Waals surface area contributed by atoms with Crippen molar-refractivity contribution in [3.63, 3.8) is 0 Å². The Morgan fingerprint density at radius 1 is 0.568 bits per heavy atom. The Bertz CT molecular complexity index is 1100. The van der Waals surface area contributed by atoms with Crippen molar-refractivity contribution in [2.75, 3.05) is 54.5 Å². The molecule has 0 saturated carbocycles. The number of methoxy groups -OCH3 is 5. The van der Waals surface area contributed by atoms with Gasteiger partial charge in [0.2, 0.25) is 0 Å². The molecule has 0 aliphatic carbocycles. The van der Waals surface area contributed by atoms with Gasteiger partial charge in [0.1, 0.15) is 16.9 Å². The molecular formula is C27H31NO9. The Hall–Kier alpha value is -4.60. The first-order chi connectivity index (χ1) is 17.6. The summed E-state index contributed by atoms with van der Waals surface area (Å²) in [6, 6.07) is 14.3. The third-order valence-electron chi connectivity index (χ3n) is 4.77. The molecule has 10 heteroatoms. The lowest BCUT2D eigenvalue weighted by Crippen LogP contribution is -2.15. The number of benzene rings is 2. The van der Waals surface area contributed by atoms with Crippen LogP contribution in [0.15, 0.2) is 59.7 Å². The van der Waals surface area contributed by atoms with Crippen LogP contribution in [0.2, 0.25) is 0 Å². The number of nitrogens with zero attached hydrogens (tertiary/aromatic N) is 1. The summed E-state index contributed by atoms with van der Waals surface area (Å²) >= 11 is 0. The lowest BCUT2D eigenvalue weighted by atomic mass is 10.1. The van der Waals surface area contributed by atoms with Gasteiger partial charge in [-0.2, -0.15) is 0 Å². The lowest BCUT2D eigenvalue weighted by Gasteiger charge is -2.12. The summed E-state index contributed by atoms with van der Waals surface area (Å²) in [4.78, 5) is 47.8. The fraction of sp³-hybridized carbons (Fsp3) is 0.259. The Morgan fingerprint density at radius 3 is 1.16 bits per heavy atom. The van der Waals surface area contributed by atoms with E-state index in [1.54, 1.807) is 43.5 Å². The van der Waals surface area contributed by atoms with Gasteiger partial charge in [0.15, 0.2) is 0 Å². The van der Waals surface area contributed by atoms with Crippen molar-refractivity contribution in [2.45, 2.75) is 0 Å². The van der Waals surface area contributed by atoms with E-state index in [9.17, 15) is 19.2 Å².